The molecule has 1 saturated heterocycles. The molecule has 2 aromatic carbocycles. The molecule has 0 spiro atoms. The van der Waals surface area contributed by atoms with Crippen molar-refractivity contribution in [1.82, 2.24) is 10.4 Å². The fourth-order valence-corrected chi connectivity index (χ4v) is 4.25. The first kappa shape index (κ1) is 23.8. The Kier molecular flexibility index (Phi) is 7.19. The van der Waals surface area contributed by atoms with Crippen LogP contribution in [0.25, 0.3) is 11.1 Å². The third kappa shape index (κ3) is 4.93. The number of nitrogens with one attached hydrogen (secondary N) is 1. The molecule has 1 N–H and O–H groups in total. The number of imide groups is 1. The highest BCUT2D eigenvalue weighted by molar-refractivity contribution is 7.25. The third-order valence-electron chi connectivity index (χ3n) is 5.65. The molecule has 34 heavy (non-hydrogen) atoms. The number of aryl methyl sites for hydroxylation is 1. The Morgan fingerprint density at radius 3 is 2.47 bits per heavy atom. The summed E-state index contributed by atoms with van der Waals surface area (Å²) in [5.74, 6) is -1.92. The number of hydrogen-bond donors (Lipinski definition) is 1. The van der Waals surface area contributed by atoms with Crippen molar-refractivity contribution < 1.29 is 37.5 Å². The van der Waals surface area contributed by atoms with Crippen molar-refractivity contribution in [3.05, 3.63) is 58.7 Å². The summed E-state index contributed by atoms with van der Waals surface area (Å²) in [5, 5.41) is 3.10. The molecule has 9 nitrogen and oxygen atoms in total. The standard InChI is InChI=1S/C23H22FN2O7P/c1-13-2-4-15-16-5-3-14(22(29)25-8-9-32-34-24)11-18(16)19(17(15)10-13)12-31-23(30)33-26-20(27)6-7-21(26)28/h2-5,10-11,19,34H,6-9,12H2,1H3,(H,25,29). The van der Waals surface area contributed by atoms with Crippen LogP contribution in [0.15, 0.2) is 36.4 Å². The molecule has 3 amide bonds. The van der Waals surface area contributed by atoms with Crippen molar-refractivity contribution in [3.8, 4) is 11.1 Å². The van der Waals surface area contributed by atoms with Crippen LogP contribution in [0.2, 0.25) is 0 Å². The van der Waals surface area contributed by atoms with Gasteiger partial charge in [0, 0.05) is 30.9 Å². The molecular weight excluding hydrogens is 466 g/mol. The number of amides is 3. The van der Waals surface area contributed by atoms with E-state index in [0.717, 1.165) is 27.8 Å². The van der Waals surface area contributed by atoms with Gasteiger partial charge in [0.25, 0.3) is 17.7 Å². The SMILES string of the molecule is Cc1ccc2c(c1)C(COC(=O)ON1C(=O)CCC1=O)c1cc(C(=O)NCCOPF)ccc1-2. The Labute approximate surface area is 196 Å². The first-order chi connectivity index (χ1) is 16.4. The van der Waals surface area contributed by atoms with E-state index in [1.54, 1.807) is 12.1 Å². The lowest BCUT2D eigenvalue weighted by Gasteiger charge is -2.17. The van der Waals surface area contributed by atoms with Gasteiger partial charge in [-0.15, -0.1) is 0 Å². The van der Waals surface area contributed by atoms with Gasteiger partial charge in [-0.05, 0) is 41.3 Å². The lowest BCUT2D eigenvalue weighted by molar-refractivity contribution is -0.177. The van der Waals surface area contributed by atoms with Crippen LogP contribution < -0.4 is 5.32 Å². The average molecular weight is 488 g/mol. The lowest BCUT2D eigenvalue weighted by Crippen LogP contribution is -2.32. The topological polar surface area (TPSA) is 111 Å². The number of rotatable bonds is 8. The molecule has 178 valence electrons. The predicted molar refractivity (Wildman–Crippen MR) is 120 cm³/mol. The van der Waals surface area contributed by atoms with Crippen molar-refractivity contribution in [2.45, 2.75) is 25.7 Å². The number of benzene rings is 2. The summed E-state index contributed by atoms with van der Waals surface area (Å²) < 4.78 is 22.0. The maximum absolute atomic E-state index is 12.5. The molecule has 0 radical (unpaired) electrons. The van der Waals surface area contributed by atoms with Crippen LogP contribution in [0.3, 0.4) is 0 Å². The highest BCUT2D eigenvalue weighted by Gasteiger charge is 2.35. The molecule has 2 unspecified atom stereocenters. The summed E-state index contributed by atoms with van der Waals surface area (Å²) in [4.78, 5) is 52.8. The normalized spacial score (nSPS) is 16.6. The molecule has 0 saturated carbocycles. The largest absolute Gasteiger partial charge is 0.533 e. The van der Waals surface area contributed by atoms with Gasteiger partial charge in [0.05, 0.1) is 6.61 Å². The summed E-state index contributed by atoms with van der Waals surface area (Å²) in [6.07, 6.45) is -1.19. The van der Waals surface area contributed by atoms with Gasteiger partial charge < -0.3 is 14.6 Å². The van der Waals surface area contributed by atoms with Gasteiger partial charge in [0.15, 0.2) is 0 Å². The van der Waals surface area contributed by atoms with Crippen molar-refractivity contribution in [3.63, 3.8) is 0 Å². The summed E-state index contributed by atoms with van der Waals surface area (Å²) in [6, 6.07) is 11.2. The van der Waals surface area contributed by atoms with Gasteiger partial charge in [0.2, 0.25) is 9.12 Å². The Bertz CT molecular complexity index is 1140. The van der Waals surface area contributed by atoms with Crippen molar-refractivity contribution in [2.24, 2.45) is 0 Å². The number of nitrogens with zero attached hydrogens (tertiary/aromatic N) is 1. The maximum Gasteiger partial charge on any atom is 0.533 e. The van der Waals surface area contributed by atoms with Crippen LogP contribution in [0.1, 0.15) is 45.8 Å². The van der Waals surface area contributed by atoms with Crippen LogP contribution in [0, 0.1) is 6.92 Å². The van der Waals surface area contributed by atoms with Crippen molar-refractivity contribution in [1.29, 1.82) is 0 Å². The monoisotopic (exact) mass is 488 g/mol. The van der Waals surface area contributed by atoms with E-state index in [2.05, 4.69) is 9.84 Å². The fraction of sp³-hybridized carbons (Fsp3) is 0.304. The van der Waals surface area contributed by atoms with Gasteiger partial charge in [-0.2, -0.15) is 4.20 Å². The van der Waals surface area contributed by atoms with Crippen molar-refractivity contribution >= 4 is 33.0 Å². The van der Waals surface area contributed by atoms with Gasteiger partial charge in [-0.1, -0.05) is 34.9 Å². The number of carbonyl (C=O) groups excluding carboxylic acids is 4. The predicted octanol–water partition coefficient (Wildman–Crippen LogP) is 3.55. The molecule has 1 aliphatic heterocycles. The first-order valence-electron chi connectivity index (χ1n) is 10.6. The van der Waals surface area contributed by atoms with Crippen LogP contribution in [0.4, 0.5) is 8.99 Å². The number of carbonyl (C=O) groups is 4. The number of halogens is 1. The molecule has 0 bridgehead atoms. The molecule has 2 aromatic rings. The minimum absolute atomic E-state index is 0.0140. The van der Waals surface area contributed by atoms with Gasteiger partial charge in [-0.25, -0.2) is 4.79 Å². The minimum atomic E-state index is -1.16. The molecule has 1 fully saturated rings. The van der Waals surface area contributed by atoms with Gasteiger partial charge >= 0.3 is 6.16 Å². The molecule has 0 aromatic heterocycles. The fourth-order valence-electron chi connectivity index (χ4n) is 4.07. The van der Waals surface area contributed by atoms with E-state index in [9.17, 15) is 23.4 Å². The van der Waals surface area contributed by atoms with Crippen LogP contribution in [0.5, 0.6) is 0 Å². The van der Waals surface area contributed by atoms with Crippen LogP contribution >= 0.6 is 9.12 Å². The summed E-state index contributed by atoms with van der Waals surface area (Å²) in [7, 11) is -1.14. The third-order valence-corrected chi connectivity index (χ3v) is 5.96. The molecule has 11 heteroatoms. The minimum Gasteiger partial charge on any atom is -0.432 e. The number of ether oxygens (including phenoxy) is 1. The van der Waals surface area contributed by atoms with E-state index in [4.69, 9.17) is 9.57 Å². The zero-order valence-corrected chi connectivity index (χ0v) is 19.3. The van der Waals surface area contributed by atoms with E-state index in [-0.39, 0.29) is 44.4 Å². The second-order valence-electron chi connectivity index (χ2n) is 7.86. The quantitative estimate of drug-likeness (QED) is 0.262. The van der Waals surface area contributed by atoms with Gasteiger partial charge in [-0.3, -0.25) is 19.2 Å². The number of fused-ring (bicyclic) bond motifs is 3. The van der Waals surface area contributed by atoms with Crippen LogP contribution in [-0.4, -0.2) is 48.7 Å². The van der Waals surface area contributed by atoms with Crippen LogP contribution in [-0.2, 0) is 23.7 Å². The lowest BCUT2D eigenvalue weighted by atomic mass is 9.95. The highest BCUT2D eigenvalue weighted by Crippen LogP contribution is 2.45. The van der Waals surface area contributed by atoms with E-state index < -0.39 is 27.1 Å². The molecular formula is C23H22FN2O7P. The molecule has 2 atom stereocenters. The summed E-state index contributed by atoms with van der Waals surface area (Å²) in [6.45, 7) is 2.06. The average Bonchev–Trinajstić information content (AvgIpc) is 3.30. The van der Waals surface area contributed by atoms with E-state index in [1.165, 1.54) is 0 Å². The highest BCUT2D eigenvalue weighted by atomic mass is 31.1. The molecule has 2 aliphatic rings. The second-order valence-corrected chi connectivity index (χ2v) is 8.30. The number of hydrogen-bond acceptors (Lipinski definition) is 7. The summed E-state index contributed by atoms with van der Waals surface area (Å²) in [5.41, 5.74) is 4.98. The zero-order chi connectivity index (χ0) is 24.2. The Hall–Kier alpha value is -3.36. The smallest absolute Gasteiger partial charge is 0.432 e. The van der Waals surface area contributed by atoms with Crippen molar-refractivity contribution in [2.75, 3.05) is 19.8 Å². The second kappa shape index (κ2) is 10.3. The van der Waals surface area contributed by atoms with E-state index in [0.29, 0.717) is 10.6 Å². The van der Waals surface area contributed by atoms with Gasteiger partial charge in [0.1, 0.15) is 6.61 Å². The Morgan fingerprint density at radius 2 is 1.76 bits per heavy atom. The molecule has 1 aliphatic carbocycles. The zero-order valence-electron chi connectivity index (χ0n) is 18.3. The summed E-state index contributed by atoms with van der Waals surface area (Å²) >= 11 is 0. The molecule has 4 rings (SSSR count). The van der Waals surface area contributed by atoms with E-state index >= 15 is 0 Å². The van der Waals surface area contributed by atoms with E-state index in [1.807, 2.05) is 31.2 Å². The Morgan fingerprint density at radius 1 is 1.09 bits per heavy atom. The molecule has 1 heterocycles. The Balaban J connectivity index is 1.52. The first-order valence-corrected chi connectivity index (χ1v) is 11.4. The number of hydroxylamine groups is 2. The maximum atomic E-state index is 12.5.